The summed E-state index contributed by atoms with van der Waals surface area (Å²) < 4.78 is 38.4. The second-order valence-electron chi connectivity index (χ2n) is 4.22. The van der Waals surface area contributed by atoms with Crippen molar-refractivity contribution in [2.75, 3.05) is 12.4 Å². The normalized spacial score (nSPS) is 11.3. The zero-order valence-electron chi connectivity index (χ0n) is 10.9. The Labute approximate surface area is 117 Å². The van der Waals surface area contributed by atoms with Crippen LogP contribution in [0.25, 0.3) is 0 Å². The molecule has 0 fully saturated rings. The maximum absolute atomic E-state index is 13.0. The monoisotopic (exact) mass is 294 g/mol. The largest absolute Gasteiger partial charge is 0.381 e. The van der Waals surface area contributed by atoms with Gasteiger partial charge in [-0.25, -0.2) is 17.5 Å². The maximum atomic E-state index is 13.0. The van der Waals surface area contributed by atoms with Crippen molar-refractivity contribution in [1.82, 2.24) is 4.72 Å². The summed E-state index contributed by atoms with van der Waals surface area (Å²) in [4.78, 5) is 0.205. The van der Waals surface area contributed by atoms with E-state index in [1.54, 1.807) is 18.2 Å². The number of halogens is 1. The number of hydrogen-bond donors (Lipinski definition) is 2. The molecule has 2 aromatic rings. The van der Waals surface area contributed by atoms with E-state index in [9.17, 15) is 12.8 Å². The lowest BCUT2D eigenvalue weighted by Gasteiger charge is -2.08. The molecule has 2 rings (SSSR count). The molecule has 2 N–H and O–H groups in total. The fraction of sp³-hybridized carbons (Fsp3) is 0.143. The Morgan fingerprint density at radius 3 is 2.40 bits per heavy atom. The smallest absolute Gasteiger partial charge is 0.240 e. The van der Waals surface area contributed by atoms with Gasteiger partial charge >= 0.3 is 0 Å². The molecular formula is C14H15FN2O2S. The number of sulfonamides is 1. The van der Waals surface area contributed by atoms with E-state index < -0.39 is 10.0 Å². The highest BCUT2D eigenvalue weighted by Gasteiger charge is 2.10. The van der Waals surface area contributed by atoms with Crippen molar-refractivity contribution in [2.45, 2.75) is 11.4 Å². The third-order valence-electron chi connectivity index (χ3n) is 2.82. The molecule has 0 saturated carbocycles. The van der Waals surface area contributed by atoms with Crippen molar-refractivity contribution in [1.29, 1.82) is 0 Å². The molecule has 0 aliphatic carbocycles. The molecular weight excluding hydrogens is 279 g/mol. The third-order valence-corrected chi connectivity index (χ3v) is 4.25. The molecule has 0 saturated heterocycles. The Kier molecular flexibility index (Phi) is 4.36. The molecule has 0 unspecified atom stereocenters. The van der Waals surface area contributed by atoms with Gasteiger partial charge in [-0.15, -0.1) is 0 Å². The fourth-order valence-electron chi connectivity index (χ4n) is 1.72. The van der Waals surface area contributed by atoms with Crippen LogP contribution < -0.4 is 10.0 Å². The molecule has 0 aliphatic heterocycles. The van der Waals surface area contributed by atoms with E-state index in [0.29, 0.717) is 6.54 Å². The molecule has 106 valence electrons. The predicted octanol–water partition coefficient (Wildman–Crippen LogP) is 2.35. The summed E-state index contributed by atoms with van der Waals surface area (Å²) in [6.45, 7) is 0.468. The van der Waals surface area contributed by atoms with Crippen molar-refractivity contribution in [3.05, 3.63) is 59.9 Å². The van der Waals surface area contributed by atoms with Crippen LogP contribution in [0.2, 0.25) is 0 Å². The van der Waals surface area contributed by atoms with Gasteiger partial charge in [-0.05, 0) is 49.0 Å². The van der Waals surface area contributed by atoms with Crippen molar-refractivity contribution >= 4 is 15.7 Å². The molecule has 0 bridgehead atoms. The lowest BCUT2D eigenvalue weighted by atomic mass is 10.2. The minimum atomic E-state index is -3.42. The Bertz CT molecular complexity index is 685. The van der Waals surface area contributed by atoms with Crippen LogP contribution in [0.5, 0.6) is 0 Å². The van der Waals surface area contributed by atoms with E-state index in [4.69, 9.17) is 0 Å². The zero-order chi connectivity index (χ0) is 14.6. The number of anilines is 1. The van der Waals surface area contributed by atoms with E-state index in [2.05, 4.69) is 10.0 Å². The maximum Gasteiger partial charge on any atom is 0.240 e. The third kappa shape index (κ3) is 3.55. The van der Waals surface area contributed by atoms with Crippen LogP contribution >= 0.6 is 0 Å². The zero-order valence-corrected chi connectivity index (χ0v) is 11.7. The van der Waals surface area contributed by atoms with Crippen LogP contribution in [0, 0.1) is 5.82 Å². The number of hydrogen-bond acceptors (Lipinski definition) is 3. The van der Waals surface area contributed by atoms with Gasteiger partial charge in [0.15, 0.2) is 0 Å². The lowest BCUT2D eigenvalue weighted by molar-refractivity contribution is 0.588. The molecule has 4 nitrogen and oxygen atoms in total. The minimum absolute atomic E-state index is 0.205. The standard InChI is InChI=1S/C14H15FN2O2S/c1-16-20(18,19)14-7-5-13(6-8-14)17-10-11-3-2-4-12(15)9-11/h2-9,16-17H,10H2,1H3. The van der Waals surface area contributed by atoms with Crippen LogP contribution in [0.4, 0.5) is 10.1 Å². The first-order valence-corrected chi connectivity index (χ1v) is 7.51. The SMILES string of the molecule is CNS(=O)(=O)c1ccc(NCc2cccc(F)c2)cc1. The van der Waals surface area contributed by atoms with Crippen LogP contribution in [0.3, 0.4) is 0 Å². The van der Waals surface area contributed by atoms with Crippen molar-refractivity contribution in [2.24, 2.45) is 0 Å². The van der Waals surface area contributed by atoms with E-state index in [0.717, 1.165) is 11.3 Å². The van der Waals surface area contributed by atoms with Gasteiger partial charge in [0.1, 0.15) is 5.82 Å². The van der Waals surface area contributed by atoms with Gasteiger partial charge in [-0.3, -0.25) is 0 Å². The molecule has 6 heteroatoms. The predicted molar refractivity (Wildman–Crippen MR) is 76.4 cm³/mol. The topological polar surface area (TPSA) is 58.2 Å². The molecule has 0 heterocycles. The highest BCUT2D eigenvalue weighted by molar-refractivity contribution is 7.89. The summed E-state index contributed by atoms with van der Waals surface area (Å²) in [5.41, 5.74) is 1.58. The molecule has 2 aromatic carbocycles. The van der Waals surface area contributed by atoms with E-state index >= 15 is 0 Å². The average molecular weight is 294 g/mol. The molecule has 0 aromatic heterocycles. The van der Waals surface area contributed by atoms with Crippen LogP contribution in [0.1, 0.15) is 5.56 Å². The van der Waals surface area contributed by atoms with Gasteiger partial charge in [0.25, 0.3) is 0 Å². The van der Waals surface area contributed by atoms with Gasteiger partial charge < -0.3 is 5.32 Å². The van der Waals surface area contributed by atoms with Crippen LogP contribution in [-0.4, -0.2) is 15.5 Å². The van der Waals surface area contributed by atoms with Crippen LogP contribution in [0.15, 0.2) is 53.4 Å². The Morgan fingerprint density at radius 2 is 1.80 bits per heavy atom. The number of benzene rings is 2. The summed E-state index contributed by atoms with van der Waals surface area (Å²) in [5, 5.41) is 3.10. The first-order valence-electron chi connectivity index (χ1n) is 6.03. The van der Waals surface area contributed by atoms with Gasteiger partial charge in [0, 0.05) is 12.2 Å². The summed E-state index contributed by atoms with van der Waals surface area (Å²) in [6, 6.07) is 12.7. The minimum Gasteiger partial charge on any atom is -0.381 e. The first kappa shape index (κ1) is 14.5. The van der Waals surface area contributed by atoms with Gasteiger partial charge in [-0.2, -0.15) is 0 Å². The van der Waals surface area contributed by atoms with Gasteiger partial charge in [0.05, 0.1) is 4.90 Å². The summed E-state index contributed by atoms with van der Waals surface area (Å²) in [7, 11) is -2.05. The molecule has 20 heavy (non-hydrogen) atoms. The second-order valence-corrected chi connectivity index (χ2v) is 6.10. The van der Waals surface area contributed by atoms with E-state index in [-0.39, 0.29) is 10.7 Å². The summed E-state index contributed by atoms with van der Waals surface area (Å²) >= 11 is 0. The molecule has 0 amide bonds. The Morgan fingerprint density at radius 1 is 1.10 bits per heavy atom. The van der Waals surface area contributed by atoms with Gasteiger partial charge in [0.2, 0.25) is 10.0 Å². The highest BCUT2D eigenvalue weighted by atomic mass is 32.2. The number of nitrogens with one attached hydrogen (secondary N) is 2. The molecule has 0 spiro atoms. The Hall–Kier alpha value is -1.92. The van der Waals surface area contributed by atoms with E-state index in [1.807, 2.05) is 6.07 Å². The van der Waals surface area contributed by atoms with Crippen molar-refractivity contribution < 1.29 is 12.8 Å². The fourth-order valence-corrected chi connectivity index (χ4v) is 2.45. The molecule has 0 radical (unpaired) electrons. The average Bonchev–Trinajstić information content (AvgIpc) is 2.46. The summed E-state index contributed by atoms with van der Waals surface area (Å²) in [5.74, 6) is -0.278. The molecule has 0 aliphatic rings. The summed E-state index contributed by atoms with van der Waals surface area (Å²) in [6.07, 6.45) is 0. The van der Waals surface area contributed by atoms with Crippen LogP contribution in [-0.2, 0) is 16.6 Å². The quantitative estimate of drug-likeness (QED) is 0.890. The Balaban J connectivity index is 2.05. The molecule has 0 atom stereocenters. The number of rotatable bonds is 5. The van der Waals surface area contributed by atoms with Crippen molar-refractivity contribution in [3.8, 4) is 0 Å². The lowest BCUT2D eigenvalue weighted by Crippen LogP contribution is -2.18. The van der Waals surface area contributed by atoms with E-state index in [1.165, 1.54) is 31.3 Å². The first-order chi connectivity index (χ1) is 9.51. The van der Waals surface area contributed by atoms with Crippen molar-refractivity contribution in [3.63, 3.8) is 0 Å². The van der Waals surface area contributed by atoms with Gasteiger partial charge in [-0.1, -0.05) is 12.1 Å². The highest BCUT2D eigenvalue weighted by Crippen LogP contribution is 2.15. The second kappa shape index (κ2) is 6.02.